The lowest BCUT2D eigenvalue weighted by molar-refractivity contribution is -0.384. The van der Waals surface area contributed by atoms with Crippen LogP contribution >= 0.6 is 15.9 Å². The molecule has 22 heteroatoms. The monoisotopic (exact) mass is 1400 g/mol. The number of nitro groups is 1. The van der Waals surface area contributed by atoms with E-state index in [0.29, 0.717) is 39.1 Å². The molecule has 0 amide bonds. The van der Waals surface area contributed by atoms with Crippen LogP contribution in [0.15, 0.2) is 236 Å². The Balaban J connectivity index is 0.000000402. The SMILES string of the molecule is C=C(OC(=O)CC(C)C)C(C)=O.C=C(OC(=O)c1ccc(CC(C)C)cc1)C(C)=O.C=C(OC(=O)c1ccc([N+](=O)[O-])cc1)C(C)=O.C=C(OC(=O)c1ccc2ccccc2c1)C(C)=O.C=C(OC(=O)c1cccc2ccccc12)C(C)=O.C=C(OC(=O)c1ccccc1Br)C(C)=O. The van der Waals surface area contributed by atoms with Gasteiger partial charge in [-0.05, 0) is 116 Å². The Labute approximate surface area is 575 Å². The van der Waals surface area contributed by atoms with E-state index in [1.807, 2.05) is 86.6 Å². The van der Waals surface area contributed by atoms with E-state index in [0.717, 1.165) is 28.0 Å². The summed E-state index contributed by atoms with van der Waals surface area (Å²) in [5.74, 6) is -5.78. The molecule has 0 aliphatic rings. The quantitative estimate of drug-likeness (QED) is 0.0152. The molecule has 0 heterocycles. The molecule has 0 fully saturated rings. The van der Waals surface area contributed by atoms with Crippen LogP contribution in [0.2, 0.25) is 0 Å². The maximum atomic E-state index is 11.9. The van der Waals surface area contributed by atoms with Gasteiger partial charge in [0, 0.05) is 64.6 Å². The second-order valence-corrected chi connectivity index (χ2v) is 22.4. The molecule has 0 bridgehead atoms. The third-order valence-corrected chi connectivity index (χ3v) is 13.2. The first-order chi connectivity index (χ1) is 45.9. The largest absolute Gasteiger partial charge is 0.423 e. The third-order valence-electron chi connectivity index (χ3n) is 12.5. The van der Waals surface area contributed by atoms with E-state index < -0.39 is 46.5 Å². The van der Waals surface area contributed by atoms with Crippen LogP contribution in [0.4, 0.5) is 5.69 Å². The van der Waals surface area contributed by atoms with Gasteiger partial charge >= 0.3 is 35.8 Å². The van der Waals surface area contributed by atoms with Crippen molar-refractivity contribution in [2.24, 2.45) is 11.8 Å². The molecule has 7 rings (SSSR count). The summed E-state index contributed by atoms with van der Waals surface area (Å²) in [6, 6.07) is 44.6. The van der Waals surface area contributed by atoms with Crippen molar-refractivity contribution in [1.29, 1.82) is 0 Å². The smallest absolute Gasteiger partial charge is 0.344 e. The molecular formula is C76H74BrNO20. The van der Waals surface area contributed by atoms with Crippen LogP contribution in [0.3, 0.4) is 0 Å². The number of allylic oxidation sites excluding steroid dienone is 6. The number of fused-ring (bicyclic) bond motifs is 2. The summed E-state index contributed by atoms with van der Waals surface area (Å²) in [6.07, 6.45) is 1.28. The van der Waals surface area contributed by atoms with Gasteiger partial charge in [0.2, 0.25) is 0 Å². The third kappa shape index (κ3) is 29.7. The molecule has 0 unspecified atom stereocenters. The van der Waals surface area contributed by atoms with Crippen LogP contribution in [-0.2, 0) is 68.4 Å². The fourth-order valence-electron chi connectivity index (χ4n) is 7.10. The Morgan fingerprint density at radius 2 is 0.735 bits per heavy atom. The number of benzene rings is 7. The van der Waals surface area contributed by atoms with Gasteiger partial charge in [0.1, 0.15) is 0 Å². The van der Waals surface area contributed by atoms with E-state index in [9.17, 15) is 67.6 Å². The molecule has 7 aromatic carbocycles. The number of carbonyl (C=O) groups excluding carboxylic acids is 12. The molecule has 7 aromatic rings. The highest BCUT2D eigenvalue weighted by Gasteiger charge is 2.19. The van der Waals surface area contributed by atoms with Crippen molar-refractivity contribution in [2.75, 3.05) is 0 Å². The highest BCUT2D eigenvalue weighted by molar-refractivity contribution is 9.10. The number of carbonyl (C=O) groups is 12. The number of rotatable bonds is 22. The Morgan fingerprint density at radius 1 is 0.388 bits per heavy atom. The Morgan fingerprint density at radius 3 is 1.16 bits per heavy atom. The van der Waals surface area contributed by atoms with E-state index in [4.69, 9.17) is 18.9 Å². The molecule has 21 nitrogen and oxygen atoms in total. The van der Waals surface area contributed by atoms with E-state index in [1.54, 1.807) is 60.7 Å². The van der Waals surface area contributed by atoms with E-state index in [1.165, 1.54) is 71.4 Å². The van der Waals surface area contributed by atoms with Crippen LogP contribution in [0.5, 0.6) is 0 Å². The van der Waals surface area contributed by atoms with Gasteiger partial charge in [0.25, 0.3) is 5.69 Å². The second kappa shape index (κ2) is 41.1. The van der Waals surface area contributed by atoms with Gasteiger partial charge < -0.3 is 28.4 Å². The number of hydrogen-bond acceptors (Lipinski definition) is 20. The Kier molecular flexibility index (Phi) is 34.6. The van der Waals surface area contributed by atoms with Gasteiger partial charge in [-0.15, -0.1) is 0 Å². The van der Waals surface area contributed by atoms with Crippen molar-refractivity contribution >= 4 is 114 Å². The average Bonchev–Trinajstić information content (AvgIpc) is 0.831. The van der Waals surface area contributed by atoms with Crippen LogP contribution in [0.25, 0.3) is 21.5 Å². The molecule has 0 spiro atoms. The first-order valence-corrected chi connectivity index (χ1v) is 30.3. The number of ether oxygens (including phenoxy) is 6. The van der Waals surface area contributed by atoms with Crippen molar-refractivity contribution in [3.05, 3.63) is 280 Å². The van der Waals surface area contributed by atoms with Gasteiger partial charge in [0.15, 0.2) is 69.3 Å². The predicted molar refractivity (Wildman–Crippen MR) is 372 cm³/mol. The number of Topliss-reactive ketones (excluding diaryl/α,β-unsaturated/α-hetero) is 6. The Bertz CT molecular complexity index is 4220. The second-order valence-electron chi connectivity index (χ2n) is 21.6. The minimum Gasteiger partial charge on any atom is -0.423 e. The standard InChI is InChI=1S/2C15H12O3.C15H18O3.C11H9BrO3.C11H9NO5.C9H14O3/c1-10(16)11(2)18-15(17)14-9-5-7-12-6-3-4-8-13(12)14;1-10(16)11(2)18-15(17)14-8-7-12-5-3-4-6-13(12)9-14;1-10(2)9-13-5-7-14(8-6-13)15(17)18-12(4)11(3)16;1-7(13)8(2)15-11(14)9-5-3-4-6-10(9)12;1-7(13)8(2)17-11(14)9-3-5-10(6-4-9)12(15)16;1-6(2)5-9(11)12-8(4)7(3)10/h2*3-9H,2H2,1H3;5-8,10H,4,9H2,1-3H3;3-6H,2H2,1H3;3-6H,2H2,1H3;6H,4-5H2,1-3H3. The Hall–Kier alpha value is -11.8. The minimum atomic E-state index is -0.778. The fourth-order valence-corrected chi connectivity index (χ4v) is 7.55. The summed E-state index contributed by atoms with van der Waals surface area (Å²) in [7, 11) is 0. The van der Waals surface area contributed by atoms with E-state index in [-0.39, 0.29) is 80.6 Å². The van der Waals surface area contributed by atoms with E-state index >= 15 is 0 Å². The number of nitro benzene ring substituents is 1. The number of nitrogens with zero attached hydrogens (tertiary/aromatic N) is 1. The summed E-state index contributed by atoms with van der Waals surface area (Å²) in [5.41, 5.74) is 2.76. The van der Waals surface area contributed by atoms with Crippen LogP contribution < -0.4 is 0 Å². The number of halogens is 1. The van der Waals surface area contributed by atoms with Crippen LogP contribution in [0, 0.1) is 22.0 Å². The predicted octanol–water partition coefficient (Wildman–Crippen LogP) is 15.6. The fraction of sp³-hybridized carbons (Fsp3) is 0.184. The number of hydrogen-bond donors (Lipinski definition) is 0. The van der Waals surface area contributed by atoms with Crippen molar-refractivity contribution < 1.29 is 90.9 Å². The molecule has 0 saturated heterocycles. The highest BCUT2D eigenvalue weighted by atomic mass is 79.9. The van der Waals surface area contributed by atoms with Crippen molar-refractivity contribution in [2.45, 2.75) is 82.1 Å². The summed E-state index contributed by atoms with van der Waals surface area (Å²) < 4.78 is 29.3. The number of esters is 6. The van der Waals surface area contributed by atoms with Gasteiger partial charge in [-0.1, -0.05) is 158 Å². The average molecular weight is 1400 g/mol. The molecule has 0 atom stereocenters. The molecule has 0 aliphatic heterocycles. The molecule has 0 saturated carbocycles. The van der Waals surface area contributed by atoms with Crippen LogP contribution in [-0.4, -0.2) is 75.4 Å². The first-order valence-electron chi connectivity index (χ1n) is 29.5. The molecule has 0 N–H and O–H groups in total. The van der Waals surface area contributed by atoms with Gasteiger partial charge in [-0.25, -0.2) is 24.0 Å². The normalized spacial score (nSPS) is 9.85. The molecule has 0 aliphatic carbocycles. The zero-order chi connectivity index (χ0) is 74.1. The van der Waals surface area contributed by atoms with Crippen molar-refractivity contribution in [3.63, 3.8) is 0 Å². The van der Waals surface area contributed by atoms with Crippen molar-refractivity contribution in [1.82, 2.24) is 0 Å². The molecule has 98 heavy (non-hydrogen) atoms. The summed E-state index contributed by atoms with van der Waals surface area (Å²) in [4.78, 5) is 144. The molecule has 0 aromatic heterocycles. The zero-order valence-electron chi connectivity index (χ0n) is 55.8. The van der Waals surface area contributed by atoms with E-state index in [2.05, 4.69) is 78.7 Å². The highest BCUT2D eigenvalue weighted by Crippen LogP contribution is 2.22. The molecular weight excluding hydrogens is 1330 g/mol. The van der Waals surface area contributed by atoms with Gasteiger partial charge in [-0.2, -0.15) is 0 Å². The lowest BCUT2D eigenvalue weighted by Gasteiger charge is -2.07. The van der Waals surface area contributed by atoms with Crippen LogP contribution in [0.1, 0.15) is 133 Å². The maximum Gasteiger partial charge on any atom is 0.344 e. The lowest BCUT2D eigenvalue weighted by atomic mass is 10.0. The molecule has 0 radical (unpaired) electrons. The summed E-state index contributed by atoms with van der Waals surface area (Å²) in [5, 5.41) is 14.1. The maximum absolute atomic E-state index is 11.9. The molecule has 510 valence electrons. The van der Waals surface area contributed by atoms with Crippen molar-refractivity contribution in [3.8, 4) is 0 Å². The van der Waals surface area contributed by atoms with Gasteiger partial charge in [-0.3, -0.25) is 43.7 Å². The summed E-state index contributed by atoms with van der Waals surface area (Å²) >= 11 is 3.21. The number of non-ortho nitro benzene ring substituents is 1. The lowest BCUT2D eigenvalue weighted by Crippen LogP contribution is -2.10. The minimum absolute atomic E-state index is 0.0827. The first kappa shape index (κ1) is 82.3. The van der Waals surface area contributed by atoms with Gasteiger partial charge in [0.05, 0.1) is 32.7 Å². The topological polar surface area (TPSA) is 303 Å². The zero-order valence-corrected chi connectivity index (χ0v) is 57.4. The number of ketones is 6. The summed E-state index contributed by atoms with van der Waals surface area (Å²) in [6.45, 7) is 35.9.